The highest BCUT2D eigenvalue weighted by Gasteiger charge is 2.10. The first kappa shape index (κ1) is 19.9. The van der Waals surface area contributed by atoms with Crippen molar-refractivity contribution in [1.29, 1.82) is 0 Å². The molecule has 146 valence electrons. The Balaban J connectivity index is 1.76. The van der Waals surface area contributed by atoms with Gasteiger partial charge >= 0.3 is 0 Å². The molecule has 0 aliphatic heterocycles. The van der Waals surface area contributed by atoms with Gasteiger partial charge in [0.2, 0.25) is 0 Å². The lowest BCUT2D eigenvalue weighted by Gasteiger charge is -2.11. The molecule has 0 amide bonds. The maximum Gasteiger partial charge on any atom is 0.263 e. The van der Waals surface area contributed by atoms with Crippen LogP contribution in [0.5, 0.6) is 5.75 Å². The van der Waals surface area contributed by atoms with Gasteiger partial charge < -0.3 is 10.6 Å². The number of nitrogen functional groups attached to an aromatic ring is 1. The number of rotatable bonds is 7. The Bertz CT molecular complexity index is 987. The lowest BCUT2D eigenvalue weighted by molar-refractivity contribution is 0.299. The number of nitrogens with one attached hydrogen (secondary N) is 1. The van der Waals surface area contributed by atoms with Gasteiger partial charge in [-0.2, -0.15) is 5.10 Å². The molecular weight excluding hydrogens is 406 g/mol. The molecule has 0 fully saturated rings. The molecule has 0 aliphatic carbocycles. The summed E-state index contributed by atoms with van der Waals surface area (Å²) >= 11 is 12.1. The molecule has 0 radical (unpaired) electrons. The zero-order chi connectivity index (χ0) is 20.1. The zero-order valence-corrected chi connectivity index (χ0v) is 16.4. The Kier molecular flexibility index (Phi) is 6.33. The molecule has 0 saturated carbocycles. The van der Waals surface area contributed by atoms with Crippen molar-refractivity contribution in [3.63, 3.8) is 0 Å². The Morgan fingerprint density at radius 3 is 2.82 bits per heavy atom. The van der Waals surface area contributed by atoms with Crippen LogP contribution < -0.4 is 16.0 Å². The number of aromatic nitrogens is 3. The number of ether oxygens (including phenoxy) is 1. The molecule has 1 heterocycles. The summed E-state index contributed by atoms with van der Waals surface area (Å²) in [5.41, 5.74) is 3.55. The van der Waals surface area contributed by atoms with E-state index in [0.29, 0.717) is 33.6 Å². The highest BCUT2D eigenvalue weighted by atomic mass is 35.5. The van der Waals surface area contributed by atoms with Gasteiger partial charge in [-0.05, 0) is 30.3 Å². The Labute approximate surface area is 170 Å². The lowest BCUT2D eigenvalue weighted by atomic mass is 10.2. The largest absolute Gasteiger partial charge is 0.488 e. The summed E-state index contributed by atoms with van der Waals surface area (Å²) in [5.74, 6) is 6.77. The van der Waals surface area contributed by atoms with Crippen LogP contribution in [0.3, 0.4) is 0 Å². The maximum atomic E-state index is 13.9. The minimum Gasteiger partial charge on any atom is -0.488 e. The molecule has 2 aromatic carbocycles. The number of halogens is 3. The van der Waals surface area contributed by atoms with Gasteiger partial charge in [-0.3, -0.25) is 0 Å². The van der Waals surface area contributed by atoms with E-state index in [2.05, 4.69) is 20.7 Å². The second kappa shape index (κ2) is 8.90. The molecule has 0 unspecified atom stereocenters. The maximum absolute atomic E-state index is 13.9. The molecule has 7 nitrogen and oxygen atoms in total. The third-order valence-corrected chi connectivity index (χ3v) is 4.45. The first-order valence-electron chi connectivity index (χ1n) is 8.33. The summed E-state index contributed by atoms with van der Waals surface area (Å²) in [7, 11) is 0. The average molecular weight is 423 g/mol. The summed E-state index contributed by atoms with van der Waals surface area (Å²) in [4.78, 5) is 0. The van der Waals surface area contributed by atoms with Crippen molar-refractivity contribution in [3.05, 3.63) is 69.2 Å². The van der Waals surface area contributed by atoms with Crippen LogP contribution in [-0.4, -0.2) is 21.1 Å². The third-order valence-electron chi connectivity index (χ3n) is 3.86. The topological polar surface area (TPSA) is 90.4 Å². The van der Waals surface area contributed by atoms with Crippen LogP contribution in [0.2, 0.25) is 10.0 Å². The molecule has 0 bridgehead atoms. The van der Waals surface area contributed by atoms with Gasteiger partial charge in [-0.1, -0.05) is 36.2 Å². The van der Waals surface area contributed by atoms with Crippen molar-refractivity contribution in [2.24, 2.45) is 5.10 Å². The predicted octanol–water partition coefficient (Wildman–Crippen LogP) is 4.03. The Morgan fingerprint density at radius 2 is 2.11 bits per heavy atom. The van der Waals surface area contributed by atoms with Gasteiger partial charge in [0.05, 0.1) is 11.2 Å². The first-order chi connectivity index (χ1) is 13.5. The fourth-order valence-electron chi connectivity index (χ4n) is 2.37. The summed E-state index contributed by atoms with van der Waals surface area (Å²) in [5, 5.41) is 12.7. The van der Waals surface area contributed by atoms with Crippen molar-refractivity contribution >= 4 is 35.4 Å². The quantitative estimate of drug-likeness (QED) is 0.340. The molecule has 1 aromatic heterocycles. The fraction of sp³-hybridized carbons (Fsp3) is 0.167. The van der Waals surface area contributed by atoms with Gasteiger partial charge in [0, 0.05) is 22.6 Å². The van der Waals surface area contributed by atoms with Crippen molar-refractivity contribution < 1.29 is 9.13 Å². The van der Waals surface area contributed by atoms with E-state index < -0.39 is 5.82 Å². The standard InChI is InChI=1S/C18H17Cl2FN6O/c1-2-17-24-26-18(27(17)22)25-23-9-11-8-12(19)6-7-16(11)28-10-13-14(20)4-3-5-15(13)21/h3-9H,2,10,22H2,1H3,(H,25,26). The second-order valence-corrected chi connectivity index (χ2v) is 6.55. The second-order valence-electron chi connectivity index (χ2n) is 5.70. The average Bonchev–Trinajstić information content (AvgIpc) is 3.02. The van der Waals surface area contributed by atoms with E-state index in [1.54, 1.807) is 24.3 Å². The minimum atomic E-state index is -0.438. The van der Waals surface area contributed by atoms with E-state index in [9.17, 15) is 4.39 Å². The summed E-state index contributed by atoms with van der Waals surface area (Å²) in [6.45, 7) is 1.87. The SMILES string of the molecule is CCc1nnc(NN=Cc2cc(Cl)ccc2OCc2c(F)cccc2Cl)n1N. The van der Waals surface area contributed by atoms with Gasteiger partial charge in [0.1, 0.15) is 18.2 Å². The molecule has 0 saturated heterocycles. The Hall–Kier alpha value is -2.84. The third kappa shape index (κ3) is 4.52. The number of nitrogens with zero attached hydrogens (tertiary/aromatic N) is 4. The normalized spacial score (nSPS) is 11.1. The molecular formula is C18H17Cl2FN6O. The van der Waals surface area contributed by atoms with E-state index in [1.165, 1.54) is 23.0 Å². The first-order valence-corrected chi connectivity index (χ1v) is 9.09. The molecule has 3 N–H and O–H groups in total. The number of benzene rings is 2. The number of aryl methyl sites for hydroxylation is 1. The summed E-state index contributed by atoms with van der Waals surface area (Å²) in [6, 6.07) is 9.45. The molecule has 3 aromatic rings. The monoisotopic (exact) mass is 422 g/mol. The minimum absolute atomic E-state index is 0.0433. The van der Waals surface area contributed by atoms with Crippen molar-refractivity contribution in [3.8, 4) is 5.75 Å². The van der Waals surface area contributed by atoms with Crippen LogP contribution in [-0.2, 0) is 13.0 Å². The number of anilines is 1. The van der Waals surface area contributed by atoms with E-state index in [-0.39, 0.29) is 18.1 Å². The van der Waals surface area contributed by atoms with Crippen LogP contribution >= 0.6 is 23.2 Å². The van der Waals surface area contributed by atoms with Crippen molar-refractivity contribution in [2.75, 3.05) is 11.3 Å². The van der Waals surface area contributed by atoms with E-state index in [1.807, 2.05) is 6.92 Å². The molecule has 0 spiro atoms. The summed E-state index contributed by atoms with van der Waals surface area (Å²) < 4.78 is 21.0. The molecule has 10 heteroatoms. The van der Waals surface area contributed by atoms with E-state index in [0.717, 1.165) is 0 Å². The smallest absolute Gasteiger partial charge is 0.263 e. The molecule has 28 heavy (non-hydrogen) atoms. The van der Waals surface area contributed by atoms with Gasteiger partial charge in [-0.25, -0.2) is 14.5 Å². The van der Waals surface area contributed by atoms with Gasteiger partial charge in [0.25, 0.3) is 5.95 Å². The molecule has 0 atom stereocenters. The summed E-state index contributed by atoms with van der Waals surface area (Å²) in [6.07, 6.45) is 2.13. The number of hydrazone groups is 1. The van der Waals surface area contributed by atoms with Crippen LogP contribution in [0.4, 0.5) is 10.3 Å². The number of hydrogen-bond acceptors (Lipinski definition) is 6. The predicted molar refractivity (Wildman–Crippen MR) is 108 cm³/mol. The number of hydrogen-bond donors (Lipinski definition) is 2. The van der Waals surface area contributed by atoms with E-state index >= 15 is 0 Å². The van der Waals surface area contributed by atoms with Crippen LogP contribution in [0.15, 0.2) is 41.5 Å². The number of nitrogens with two attached hydrogens (primary N) is 1. The van der Waals surface area contributed by atoms with Crippen LogP contribution in [0.1, 0.15) is 23.9 Å². The lowest BCUT2D eigenvalue weighted by Crippen LogP contribution is -2.15. The van der Waals surface area contributed by atoms with Crippen LogP contribution in [0.25, 0.3) is 0 Å². The van der Waals surface area contributed by atoms with Crippen molar-refractivity contribution in [2.45, 2.75) is 20.0 Å². The van der Waals surface area contributed by atoms with Crippen LogP contribution in [0, 0.1) is 5.82 Å². The van der Waals surface area contributed by atoms with Crippen molar-refractivity contribution in [1.82, 2.24) is 14.9 Å². The molecule has 0 aliphatic rings. The fourth-order valence-corrected chi connectivity index (χ4v) is 2.77. The molecule has 3 rings (SSSR count). The highest BCUT2D eigenvalue weighted by molar-refractivity contribution is 6.31. The highest BCUT2D eigenvalue weighted by Crippen LogP contribution is 2.25. The van der Waals surface area contributed by atoms with Gasteiger partial charge in [-0.15, -0.1) is 10.2 Å². The zero-order valence-electron chi connectivity index (χ0n) is 14.9. The van der Waals surface area contributed by atoms with E-state index in [4.69, 9.17) is 33.8 Å². The Morgan fingerprint density at radius 1 is 1.29 bits per heavy atom. The van der Waals surface area contributed by atoms with Gasteiger partial charge in [0.15, 0.2) is 5.82 Å².